The Balaban J connectivity index is 2.80. The quantitative estimate of drug-likeness (QED) is 0.360. The molecule has 0 unspecified atom stereocenters. The summed E-state index contributed by atoms with van der Waals surface area (Å²) in [5, 5.41) is 7.33. The van der Waals surface area contributed by atoms with Crippen molar-refractivity contribution in [2.75, 3.05) is 0 Å². The largest absolute Gasteiger partial charge is 0.127 e. The number of hydrogen-bond donors (Lipinski definition) is 0. The SMILES string of the molecule is [N-]=[N+]=NC1(N=[N+]=[N-])CCCCCCC1. The minimum atomic E-state index is -0.829. The Kier molecular flexibility index (Phi) is 4.11. The van der Waals surface area contributed by atoms with Crippen LogP contribution in [0.15, 0.2) is 10.2 Å². The predicted molar refractivity (Wildman–Crippen MR) is 53.3 cm³/mol. The summed E-state index contributed by atoms with van der Waals surface area (Å²) in [5.41, 5.74) is 16.1. The van der Waals surface area contributed by atoms with Gasteiger partial charge >= 0.3 is 0 Å². The predicted octanol–water partition coefficient (Wildman–Crippen LogP) is 4.05. The summed E-state index contributed by atoms with van der Waals surface area (Å²) in [5.74, 6) is 0. The maximum Gasteiger partial charge on any atom is 0.127 e. The highest BCUT2D eigenvalue weighted by Crippen LogP contribution is 2.31. The van der Waals surface area contributed by atoms with Crippen LogP contribution in [0.3, 0.4) is 0 Å². The highest BCUT2D eigenvalue weighted by molar-refractivity contribution is 4.87. The van der Waals surface area contributed by atoms with E-state index >= 15 is 0 Å². The van der Waals surface area contributed by atoms with Gasteiger partial charge in [-0.2, -0.15) is 0 Å². The van der Waals surface area contributed by atoms with E-state index in [1.165, 1.54) is 6.42 Å². The zero-order valence-electron chi connectivity index (χ0n) is 8.13. The third kappa shape index (κ3) is 2.83. The molecule has 0 bridgehead atoms. The Morgan fingerprint density at radius 3 is 1.64 bits per heavy atom. The van der Waals surface area contributed by atoms with Gasteiger partial charge in [0.05, 0.1) is 0 Å². The van der Waals surface area contributed by atoms with Crippen LogP contribution in [-0.4, -0.2) is 5.66 Å². The van der Waals surface area contributed by atoms with Gasteiger partial charge in [-0.15, -0.1) is 0 Å². The van der Waals surface area contributed by atoms with Crippen molar-refractivity contribution in [1.29, 1.82) is 0 Å². The number of nitrogens with zero attached hydrogens (tertiary/aromatic N) is 6. The summed E-state index contributed by atoms with van der Waals surface area (Å²) in [6.07, 6.45) is 6.79. The van der Waals surface area contributed by atoms with E-state index in [-0.39, 0.29) is 0 Å². The molecule has 0 aromatic heterocycles. The monoisotopic (exact) mass is 194 g/mol. The second kappa shape index (κ2) is 5.37. The van der Waals surface area contributed by atoms with Crippen LogP contribution in [0.2, 0.25) is 0 Å². The van der Waals surface area contributed by atoms with Crippen LogP contribution >= 0.6 is 0 Å². The van der Waals surface area contributed by atoms with E-state index in [0.29, 0.717) is 12.8 Å². The van der Waals surface area contributed by atoms with Crippen molar-refractivity contribution in [3.63, 3.8) is 0 Å². The molecule has 0 aromatic carbocycles. The summed E-state index contributed by atoms with van der Waals surface area (Å²) in [7, 11) is 0. The Bertz CT molecular complexity index is 246. The minimum Gasteiger partial charge on any atom is -0.0812 e. The second-order valence-electron chi connectivity index (χ2n) is 3.63. The number of hydrogen-bond acceptors (Lipinski definition) is 2. The van der Waals surface area contributed by atoms with Gasteiger partial charge in [-0.05, 0) is 23.9 Å². The Labute approximate surface area is 82.6 Å². The molecule has 6 heteroatoms. The van der Waals surface area contributed by atoms with Gasteiger partial charge in [-0.25, -0.2) is 0 Å². The zero-order valence-corrected chi connectivity index (χ0v) is 8.13. The van der Waals surface area contributed by atoms with Crippen molar-refractivity contribution in [3.05, 3.63) is 20.9 Å². The molecule has 1 rings (SSSR count). The normalized spacial score (nSPS) is 20.9. The van der Waals surface area contributed by atoms with E-state index in [9.17, 15) is 0 Å². The highest BCUT2D eigenvalue weighted by atomic mass is 15.3. The topological polar surface area (TPSA) is 97.5 Å². The smallest absolute Gasteiger partial charge is 0.0812 e. The molecule has 0 amide bonds. The van der Waals surface area contributed by atoms with E-state index in [4.69, 9.17) is 11.1 Å². The molecule has 1 fully saturated rings. The van der Waals surface area contributed by atoms with Crippen LogP contribution in [0.4, 0.5) is 0 Å². The molecular weight excluding hydrogens is 180 g/mol. The molecule has 0 heterocycles. The average Bonchev–Trinajstić information content (AvgIpc) is 2.12. The molecule has 0 atom stereocenters. The van der Waals surface area contributed by atoms with E-state index in [1.807, 2.05) is 0 Å². The molecule has 0 aromatic rings. The van der Waals surface area contributed by atoms with Gasteiger partial charge in [0.25, 0.3) is 0 Å². The van der Waals surface area contributed by atoms with Crippen molar-refractivity contribution < 1.29 is 0 Å². The molecule has 0 N–H and O–H groups in total. The fourth-order valence-corrected chi connectivity index (χ4v) is 1.86. The Morgan fingerprint density at radius 2 is 1.21 bits per heavy atom. The molecule has 6 nitrogen and oxygen atoms in total. The second-order valence-corrected chi connectivity index (χ2v) is 3.63. The van der Waals surface area contributed by atoms with Crippen LogP contribution in [0, 0.1) is 0 Å². The maximum absolute atomic E-state index is 8.45. The Morgan fingerprint density at radius 1 is 0.786 bits per heavy atom. The molecule has 1 aliphatic rings. The van der Waals surface area contributed by atoms with Crippen LogP contribution in [0.5, 0.6) is 0 Å². The van der Waals surface area contributed by atoms with Gasteiger partial charge in [0.2, 0.25) is 0 Å². The van der Waals surface area contributed by atoms with Gasteiger partial charge in [-0.1, -0.05) is 42.3 Å². The molecular formula is C8H14N6. The molecule has 0 aliphatic heterocycles. The van der Waals surface area contributed by atoms with Crippen LogP contribution in [0.1, 0.15) is 44.9 Å². The zero-order chi connectivity index (χ0) is 10.3. The average molecular weight is 194 g/mol. The molecule has 14 heavy (non-hydrogen) atoms. The summed E-state index contributed by atoms with van der Waals surface area (Å²) >= 11 is 0. The minimum absolute atomic E-state index is 0.682. The van der Waals surface area contributed by atoms with E-state index in [2.05, 4.69) is 20.1 Å². The van der Waals surface area contributed by atoms with Gasteiger partial charge in [0.15, 0.2) is 0 Å². The van der Waals surface area contributed by atoms with Crippen molar-refractivity contribution >= 4 is 0 Å². The van der Waals surface area contributed by atoms with Gasteiger partial charge in [0.1, 0.15) is 5.66 Å². The van der Waals surface area contributed by atoms with E-state index in [1.54, 1.807) is 0 Å². The third-order valence-corrected chi connectivity index (χ3v) is 2.62. The van der Waals surface area contributed by atoms with Gasteiger partial charge in [-0.3, -0.25) is 0 Å². The van der Waals surface area contributed by atoms with Crippen molar-refractivity contribution in [2.45, 2.75) is 50.6 Å². The van der Waals surface area contributed by atoms with Crippen molar-refractivity contribution in [2.24, 2.45) is 10.2 Å². The van der Waals surface area contributed by atoms with E-state index in [0.717, 1.165) is 25.7 Å². The molecule has 1 aliphatic carbocycles. The van der Waals surface area contributed by atoms with Gasteiger partial charge < -0.3 is 0 Å². The van der Waals surface area contributed by atoms with Crippen molar-refractivity contribution in [3.8, 4) is 0 Å². The lowest BCUT2D eigenvalue weighted by molar-refractivity contribution is 0.325. The molecule has 76 valence electrons. The number of azide groups is 1. The molecule has 1 saturated carbocycles. The lowest BCUT2D eigenvalue weighted by Gasteiger charge is -2.25. The lowest BCUT2D eigenvalue weighted by Crippen LogP contribution is -2.23. The lowest BCUT2D eigenvalue weighted by atomic mass is 9.92. The number of rotatable bonds is 2. The maximum atomic E-state index is 8.45. The third-order valence-electron chi connectivity index (χ3n) is 2.62. The fourth-order valence-electron chi connectivity index (χ4n) is 1.86. The fraction of sp³-hybridized carbons (Fsp3) is 1.00. The van der Waals surface area contributed by atoms with Crippen LogP contribution < -0.4 is 0 Å². The first kappa shape index (κ1) is 10.7. The molecule has 0 radical (unpaired) electrons. The molecule has 0 spiro atoms. The Hall–Kier alpha value is -1.38. The summed E-state index contributed by atoms with van der Waals surface area (Å²) in [6.45, 7) is 0. The standard InChI is InChI=1S/C8H14N6/c9-13-11-8(12-14-10)6-4-2-1-3-5-7-8/h1-7H2. The summed E-state index contributed by atoms with van der Waals surface area (Å²) in [4.78, 5) is 5.57. The van der Waals surface area contributed by atoms with Crippen molar-refractivity contribution in [1.82, 2.24) is 0 Å². The molecule has 0 saturated heterocycles. The first-order valence-corrected chi connectivity index (χ1v) is 4.95. The van der Waals surface area contributed by atoms with E-state index < -0.39 is 5.66 Å². The van der Waals surface area contributed by atoms with Gasteiger partial charge in [0, 0.05) is 9.82 Å². The summed E-state index contributed by atoms with van der Waals surface area (Å²) in [6, 6.07) is 0. The highest BCUT2D eigenvalue weighted by Gasteiger charge is 2.27. The van der Waals surface area contributed by atoms with Crippen LogP contribution in [0.25, 0.3) is 20.9 Å². The first-order valence-electron chi connectivity index (χ1n) is 4.95. The summed E-state index contributed by atoms with van der Waals surface area (Å²) < 4.78 is 0. The first-order chi connectivity index (χ1) is 6.83. The van der Waals surface area contributed by atoms with Crippen LogP contribution in [-0.2, 0) is 0 Å².